The summed E-state index contributed by atoms with van der Waals surface area (Å²) in [6.07, 6.45) is 1.49. The summed E-state index contributed by atoms with van der Waals surface area (Å²) in [6, 6.07) is 0. The highest BCUT2D eigenvalue weighted by atomic mass is 16.5. The van der Waals surface area contributed by atoms with E-state index in [1.165, 1.54) is 15.6 Å². The molecule has 0 aromatic carbocycles. The number of aromatic nitrogens is 7. The molecule has 2 aromatic rings. The lowest BCUT2D eigenvalue weighted by Gasteiger charge is -2.00. The molecule has 0 radical (unpaired) electrons. The number of carbonyl (C=O) groups excluding carboxylic acids is 1. The lowest BCUT2D eigenvalue weighted by molar-refractivity contribution is 0.0542. The smallest absolute Gasteiger partial charge is 0.361 e. The van der Waals surface area contributed by atoms with Crippen molar-refractivity contribution in [1.29, 1.82) is 0 Å². The Balaban J connectivity index is 2.13. The van der Waals surface area contributed by atoms with Crippen molar-refractivity contribution in [3.8, 4) is 0 Å². The Morgan fingerprint density at radius 3 is 2.84 bits per heavy atom. The molecule has 0 aliphatic rings. The molecule has 0 aliphatic heterocycles. The maximum Gasteiger partial charge on any atom is 0.361 e. The van der Waals surface area contributed by atoms with E-state index in [9.17, 15) is 4.79 Å². The lowest BCUT2D eigenvalue weighted by Crippen LogP contribution is -2.09. The number of rotatable bonds is 5. The van der Waals surface area contributed by atoms with Gasteiger partial charge in [0.15, 0.2) is 11.5 Å². The van der Waals surface area contributed by atoms with Gasteiger partial charge in [0.1, 0.15) is 13.2 Å². The molecule has 0 saturated heterocycles. The molecule has 9 heteroatoms. The van der Waals surface area contributed by atoms with Crippen LogP contribution < -0.4 is 0 Å². The molecule has 0 fully saturated rings. The van der Waals surface area contributed by atoms with Crippen molar-refractivity contribution in [3.05, 3.63) is 29.9 Å². The molecule has 9 nitrogen and oxygen atoms in total. The lowest BCUT2D eigenvalue weighted by atomic mass is 10.3. The quantitative estimate of drug-likeness (QED) is 0.529. The Kier molecular flexibility index (Phi) is 3.64. The zero-order valence-corrected chi connectivity index (χ0v) is 10.6. The normalized spacial score (nSPS) is 10.4. The molecule has 2 aromatic heterocycles. The van der Waals surface area contributed by atoms with Crippen molar-refractivity contribution in [2.75, 3.05) is 6.61 Å². The van der Waals surface area contributed by atoms with Gasteiger partial charge in [0.2, 0.25) is 0 Å². The van der Waals surface area contributed by atoms with Crippen LogP contribution in [0.4, 0.5) is 0 Å². The van der Waals surface area contributed by atoms with E-state index in [2.05, 4.69) is 32.3 Å². The molecule has 100 valence electrons. The van der Waals surface area contributed by atoms with Gasteiger partial charge in [-0.2, -0.15) is 4.80 Å². The second kappa shape index (κ2) is 5.38. The third kappa shape index (κ3) is 2.81. The Bertz CT molecular complexity index is 601. The zero-order valence-electron chi connectivity index (χ0n) is 10.6. The van der Waals surface area contributed by atoms with Gasteiger partial charge in [-0.25, -0.2) is 9.48 Å². The van der Waals surface area contributed by atoms with Gasteiger partial charge in [-0.3, -0.25) is 0 Å². The van der Waals surface area contributed by atoms with Gasteiger partial charge in [0, 0.05) is 0 Å². The number of hydrogen-bond donors (Lipinski definition) is 0. The van der Waals surface area contributed by atoms with Gasteiger partial charge < -0.3 is 4.74 Å². The molecular formula is C10H13N7O2. The van der Waals surface area contributed by atoms with E-state index >= 15 is 0 Å². The van der Waals surface area contributed by atoms with Crippen LogP contribution in [0.3, 0.4) is 0 Å². The number of nitrogens with zero attached hydrogens (tertiary/aromatic N) is 7. The molecule has 0 N–H and O–H groups in total. The summed E-state index contributed by atoms with van der Waals surface area (Å²) < 4.78 is 6.42. The first-order valence-corrected chi connectivity index (χ1v) is 5.52. The molecule has 0 unspecified atom stereocenters. The largest absolute Gasteiger partial charge is 0.457 e. The van der Waals surface area contributed by atoms with Crippen LogP contribution in [0.5, 0.6) is 0 Å². The van der Waals surface area contributed by atoms with Gasteiger partial charge in [0.25, 0.3) is 0 Å². The molecule has 0 saturated carbocycles. The van der Waals surface area contributed by atoms with Crippen LogP contribution in [-0.2, 0) is 18.3 Å². The molecule has 2 heterocycles. The van der Waals surface area contributed by atoms with Gasteiger partial charge in [0.05, 0.1) is 12.7 Å². The highest BCUT2D eigenvalue weighted by Gasteiger charge is 2.18. The second-order valence-electron chi connectivity index (χ2n) is 3.76. The summed E-state index contributed by atoms with van der Waals surface area (Å²) in [5, 5.41) is 19.2. The predicted octanol–water partition coefficient (Wildman–Crippen LogP) is -0.499. The fourth-order valence-electron chi connectivity index (χ4n) is 1.42. The van der Waals surface area contributed by atoms with Crippen molar-refractivity contribution >= 4 is 5.97 Å². The minimum Gasteiger partial charge on any atom is -0.457 e. The molecule has 0 spiro atoms. The summed E-state index contributed by atoms with van der Waals surface area (Å²) >= 11 is 0. The van der Waals surface area contributed by atoms with Crippen LogP contribution >= 0.6 is 0 Å². The number of hydrogen-bond acceptors (Lipinski definition) is 7. The van der Waals surface area contributed by atoms with Crippen molar-refractivity contribution < 1.29 is 9.53 Å². The average molecular weight is 263 g/mol. The zero-order chi connectivity index (χ0) is 13.8. The molecule has 2 rings (SSSR count). The topological polar surface area (TPSA) is 101 Å². The Labute approximate surface area is 108 Å². The third-order valence-corrected chi connectivity index (χ3v) is 2.35. The maximum absolute atomic E-state index is 11.7. The fourth-order valence-corrected chi connectivity index (χ4v) is 1.42. The third-order valence-electron chi connectivity index (χ3n) is 2.35. The molecule has 0 atom stereocenters. The highest BCUT2D eigenvalue weighted by Crippen LogP contribution is 2.06. The van der Waals surface area contributed by atoms with Crippen LogP contribution in [0.2, 0.25) is 0 Å². The first kappa shape index (κ1) is 12.9. The summed E-state index contributed by atoms with van der Waals surface area (Å²) in [5.41, 5.74) is 0.757. The van der Waals surface area contributed by atoms with Gasteiger partial charge in [-0.15, -0.1) is 15.3 Å². The van der Waals surface area contributed by atoms with E-state index in [0.29, 0.717) is 18.1 Å². The Hall–Kier alpha value is -2.58. The fraction of sp³-hybridized carbons (Fsp3) is 0.400. The molecule has 19 heavy (non-hydrogen) atoms. The van der Waals surface area contributed by atoms with Gasteiger partial charge in [-0.05, 0) is 12.1 Å². The van der Waals surface area contributed by atoms with E-state index in [-0.39, 0.29) is 12.3 Å². The van der Waals surface area contributed by atoms with E-state index in [4.69, 9.17) is 4.74 Å². The first-order valence-electron chi connectivity index (χ1n) is 5.52. The maximum atomic E-state index is 11.7. The van der Waals surface area contributed by atoms with E-state index in [1.807, 2.05) is 0 Å². The summed E-state index contributed by atoms with van der Waals surface area (Å²) in [4.78, 5) is 13.0. The second-order valence-corrected chi connectivity index (χ2v) is 3.76. The van der Waals surface area contributed by atoms with Crippen LogP contribution in [-0.4, -0.2) is 47.8 Å². The summed E-state index contributed by atoms with van der Waals surface area (Å²) in [7, 11) is 1.67. The minimum atomic E-state index is -0.532. The Morgan fingerprint density at radius 1 is 1.42 bits per heavy atom. The molecule has 0 aliphatic carbocycles. The molecular weight excluding hydrogens is 250 g/mol. The highest BCUT2D eigenvalue weighted by molar-refractivity contribution is 5.88. The number of carbonyl (C=O) groups is 1. The van der Waals surface area contributed by atoms with Crippen molar-refractivity contribution in [3.63, 3.8) is 0 Å². The standard InChI is InChI=1S/C10H13N7O2/c1-4-5-19-10(18)9-7(2)17(15-12-9)6-8-11-14-16(3)13-8/h4H,1,5-6H2,2-3H3. The minimum absolute atomic E-state index is 0.136. The van der Waals surface area contributed by atoms with Crippen molar-refractivity contribution in [2.24, 2.45) is 7.05 Å². The average Bonchev–Trinajstić information content (AvgIpc) is 2.95. The van der Waals surface area contributed by atoms with Gasteiger partial charge in [-0.1, -0.05) is 17.9 Å². The number of aryl methyl sites for hydroxylation is 1. The number of esters is 1. The van der Waals surface area contributed by atoms with Crippen LogP contribution in [0.25, 0.3) is 0 Å². The molecule has 0 bridgehead atoms. The van der Waals surface area contributed by atoms with E-state index in [0.717, 1.165) is 0 Å². The monoisotopic (exact) mass is 263 g/mol. The SMILES string of the molecule is C=CCOC(=O)c1nnn(Cc2nnn(C)n2)c1C. The number of ether oxygens (including phenoxy) is 1. The summed E-state index contributed by atoms with van der Waals surface area (Å²) in [6.45, 7) is 5.62. The Morgan fingerprint density at radius 2 is 2.21 bits per heavy atom. The van der Waals surface area contributed by atoms with Crippen LogP contribution in [0.1, 0.15) is 22.0 Å². The van der Waals surface area contributed by atoms with Crippen LogP contribution in [0.15, 0.2) is 12.7 Å². The first-order chi connectivity index (χ1) is 9.11. The van der Waals surface area contributed by atoms with E-state index < -0.39 is 5.97 Å². The predicted molar refractivity (Wildman–Crippen MR) is 63.1 cm³/mol. The van der Waals surface area contributed by atoms with E-state index in [1.54, 1.807) is 14.0 Å². The van der Waals surface area contributed by atoms with Crippen LogP contribution in [0, 0.1) is 6.92 Å². The summed E-state index contributed by atoms with van der Waals surface area (Å²) in [5.74, 6) is -0.0442. The van der Waals surface area contributed by atoms with Gasteiger partial charge >= 0.3 is 5.97 Å². The van der Waals surface area contributed by atoms with Crippen molar-refractivity contribution in [1.82, 2.24) is 35.2 Å². The molecule has 0 amide bonds. The number of tetrazole rings is 1. The van der Waals surface area contributed by atoms with Crippen molar-refractivity contribution in [2.45, 2.75) is 13.5 Å².